The molecule has 1 amide bonds. The molecular formula is C17H13N3O4S. The lowest BCUT2D eigenvalue weighted by Gasteiger charge is -2.18. The normalized spacial score (nSPS) is 10.3. The molecule has 25 heavy (non-hydrogen) atoms. The van der Waals surface area contributed by atoms with Crippen molar-refractivity contribution < 1.29 is 14.5 Å². The Kier molecular flexibility index (Phi) is 4.71. The second kappa shape index (κ2) is 7.10. The van der Waals surface area contributed by atoms with Gasteiger partial charge in [0, 0.05) is 24.4 Å². The van der Waals surface area contributed by atoms with Gasteiger partial charge in [-0.1, -0.05) is 0 Å². The summed E-state index contributed by atoms with van der Waals surface area (Å²) in [4.78, 5) is 23.6. The molecule has 0 bridgehead atoms. The van der Waals surface area contributed by atoms with E-state index in [0.29, 0.717) is 23.0 Å². The molecular weight excluding hydrogens is 342 g/mol. The number of carbonyl (C=O) groups is 1. The minimum Gasteiger partial charge on any atom is -0.457 e. The molecule has 0 spiro atoms. The highest BCUT2D eigenvalue weighted by molar-refractivity contribution is 7.03. The summed E-state index contributed by atoms with van der Waals surface area (Å²) in [6.45, 7) is 1.47. The van der Waals surface area contributed by atoms with Crippen LogP contribution < -0.4 is 9.64 Å². The van der Waals surface area contributed by atoms with E-state index < -0.39 is 4.92 Å². The van der Waals surface area contributed by atoms with Gasteiger partial charge in [0.1, 0.15) is 11.5 Å². The Bertz CT molecular complexity index is 877. The van der Waals surface area contributed by atoms with Crippen molar-refractivity contribution in [2.45, 2.75) is 6.92 Å². The molecule has 1 heterocycles. The molecule has 0 saturated carbocycles. The average molecular weight is 355 g/mol. The third kappa shape index (κ3) is 3.81. The van der Waals surface area contributed by atoms with E-state index >= 15 is 0 Å². The van der Waals surface area contributed by atoms with Gasteiger partial charge < -0.3 is 4.74 Å². The van der Waals surface area contributed by atoms with Crippen molar-refractivity contribution in [2.75, 3.05) is 4.90 Å². The number of benzene rings is 2. The van der Waals surface area contributed by atoms with Gasteiger partial charge >= 0.3 is 0 Å². The predicted molar refractivity (Wildman–Crippen MR) is 94.5 cm³/mol. The number of nitro groups is 1. The van der Waals surface area contributed by atoms with Gasteiger partial charge in [-0.2, -0.15) is 4.37 Å². The number of ether oxygens (including phenoxy) is 1. The molecule has 2 aromatic carbocycles. The summed E-state index contributed by atoms with van der Waals surface area (Å²) in [7, 11) is 0. The van der Waals surface area contributed by atoms with Crippen molar-refractivity contribution >= 4 is 34.6 Å². The standard InChI is InChI=1S/C17H13N3O4S/c1-12(21)19(17-10-11-25-18-17)13-2-6-15(7-3-13)24-16-8-4-14(5-9-16)20(22)23/h2-11H,1H3. The van der Waals surface area contributed by atoms with Crippen LogP contribution in [0.2, 0.25) is 0 Å². The van der Waals surface area contributed by atoms with Gasteiger partial charge in [0.25, 0.3) is 5.69 Å². The Labute approximate surface area is 147 Å². The van der Waals surface area contributed by atoms with Gasteiger partial charge in [-0.25, -0.2) is 0 Å². The van der Waals surface area contributed by atoms with Crippen LogP contribution in [0, 0.1) is 10.1 Å². The van der Waals surface area contributed by atoms with Crippen molar-refractivity contribution in [3.05, 3.63) is 70.1 Å². The smallest absolute Gasteiger partial charge is 0.269 e. The lowest BCUT2D eigenvalue weighted by Crippen LogP contribution is -2.22. The van der Waals surface area contributed by atoms with Crippen molar-refractivity contribution in [2.24, 2.45) is 0 Å². The summed E-state index contributed by atoms with van der Waals surface area (Å²) >= 11 is 1.27. The molecule has 0 aliphatic carbocycles. The quantitative estimate of drug-likeness (QED) is 0.496. The summed E-state index contributed by atoms with van der Waals surface area (Å²) < 4.78 is 9.85. The highest BCUT2D eigenvalue weighted by Crippen LogP contribution is 2.29. The van der Waals surface area contributed by atoms with Crippen LogP contribution in [0.5, 0.6) is 11.5 Å². The number of carbonyl (C=O) groups excluding carboxylic acids is 1. The lowest BCUT2D eigenvalue weighted by atomic mass is 10.2. The highest BCUT2D eigenvalue weighted by atomic mass is 32.1. The number of non-ortho nitro benzene ring substituents is 1. The first-order valence-electron chi connectivity index (χ1n) is 7.28. The van der Waals surface area contributed by atoms with E-state index in [4.69, 9.17) is 4.74 Å². The molecule has 1 aromatic heterocycles. The Morgan fingerprint density at radius 3 is 2.16 bits per heavy atom. The van der Waals surface area contributed by atoms with E-state index in [-0.39, 0.29) is 11.6 Å². The van der Waals surface area contributed by atoms with Crippen molar-refractivity contribution in [1.29, 1.82) is 0 Å². The van der Waals surface area contributed by atoms with Crippen LogP contribution >= 0.6 is 11.5 Å². The van der Waals surface area contributed by atoms with Crippen LogP contribution in [0.25, 0.3) is 0 Å². The minimum absolute atomic E-state index is 0.00283. The maximum absolute atomic E-state index is 11.9. The molecule has 0 radical (unpaired) electrons. The van der Waals surface area contributed by atoms with E-state index in [2.05, 4.69) is 4.37 Å². The first-order chi connectivity index (χ1) is 12.0. The SMILES string of the molecule is CC(=O)N(c1ccc(Oc2ccc([N+](=O)[O-])cc2)cc1)c1ccsn1. The number of aromatic nitrogens is 1. The maximum atomic E-state index is 11.9. The zero-order valence-electron chi connectivity index (χ0n) is 13.2. The molecule has 8 heteroatoms. The zero-order valence-corrected chi connectivity index (χ0v) is 14.0. The zero-order chi connectivity index (χ0) is 17.8. The number of amides is 1. The highest BCUT2D eigenvalue weighted by Gasteiger charge is 2.16. The molecule has 0 N–H and O–H groups in total. The first kappa shape index (κ1) is 16.6. The largest absolute Gasteiger partial charge is 0.457 e. The van der Waals surface area contributed by atoms with Crippen molar-refractivity contribution in [3.8, 4) is 11.5 Å². The molecule has 0 fully saturated rings. The predicted octanol–water partition coefficient (Wildman–Crippen LogP) is 4.53. The minimum atomic E-state index is -0.465. The second-order valence-corrected chi connectivity index (χ2v) is 5.72. The second-order valence-electron chi connectivity index (χ2n) is 5.06. The van der Waals surface area contributed by atoms with E-state index in [9.17, 15) is 14.9 Å². The molecule has 3 rings (SSSR count). The number of nitro benzene ring substituents is 1. The summed E-state index contributed by atoms with van der Waals surface area (Å²) in [6, 6.07) is 14.5. The number of rotatable bonds is 5. The topological polar surface area (TPSA) is 85.6 Å². The fourth-order valence-corrected chi connectivity index (χ4v) is 2.73. The molecule has 7 nitrogen and oxygen atoms in total. The van der Waals surface area contributed by atoms with Crippen LogP contribution in [0.4, 0.5) is 17.2 Å². The fraction of sp³-hybridized carbons (Fsp3) is 0.0588. The Hall–Kier alpha value is -3.26. The first-order valence-corrected chi connectivity index (χ1v) is 8.12. The van der Waals surface area contributed by atoms with Crippen molar-refractivity contribution in [1.82, 2.24) is 4.37 Å². The monoisotopic (exact) mass is 355 g/mol. The number of hydrogen-bond donors (Lipinski definition) is 0. The fourth-order valence-electron chi connectivity index (χ4n) is 2.23. The Morgan fingerprint density at radius 2 is 1.68 bits per heavy atom. The lowest BCUT2D eigenvalue weighted by molar-refractivity contribution is -0.384. The summed E-state index contributed by atoms with van der Waals surface area (Å²) in [5.41, 5.74) is 0.678. The Morgan fingerprint density at radius 1 is 1.08 bits per heavy atom. The van der Waals surface area contributed by atoms with Gasteiger partial charge in [-0.15, -0.1) is 0 Å². The van der Waals surface area contributed by atoms with E-state index in [1.807, 2.05) is 0 Å². The maximum Gasteiger partial charge on any atom is 0.269 e. The third-order valence-electron chi connectivity index (χ3n) is 3.35. The van der Waals surface area contributed by atoms with Crippen LogP contribution in [0.15, 0.2) is 60.0 Å². The summed E-state index contributed by atoms with van der Waals surface area (Å²) in [5, 5.41) is 12.5. The molecule has 0 unspecified atom stereocenters. The molecule has 126 valence electrons. The van der Waals surface area contributed by atoms with Gasteiger partial charge in [0.05, 0.1) is 10.6 Å². The van der Waals surface area contributed by atoms with E-state index in [0.717, 1.165) is 0 Å². The summed E-state index contributed by atoms with van der Waals surface area (Å²) in [6.07, 6.45) is 0. The third-order valence-corrected chi connectivity index (χ3v) is 3.90. The van der Waals surface area contributed by atoms with Crippen LogP contribution in [-0.4, -0.2) is 15.2 Å². The van der Waals surface area contributed by atoms with Crippen molar-refractivity contribution in [3.63, 3.8) is 0 Å². The molecule has 0 aliphatic rings. The number of nitrogens with zero attached hydrogens (tertiary/aromatic N) is 3. The van der Waals surface area contributed by atoms with Crippen LogP contribution in [0.1, 0.15) is 6.92 Å². The van der Waals surface area contributed by atoms with Gasteiger partial charge in [0.15, 0.2) is 5.82 Å². The van der Waals surface area contributed by atoms with Crippen LogP contribution in [0.3, 0.4) is 0 Å². The van der Waals surface area contributed by atoms with Gasteiger partial charge in [0.2, 0.25) is 5.91 Å². The van der Waals surface area contributed by atoms with Gasteiger partial charge in [-0.3, -0.25) is 19.8 Å². The average Bonchev–Trinajstić information content (AvgIpc) is 3.11. The van der Waals surface area contributed by atoms with E-state index in [1.165, 1.54) is 47.6 Å². The summed E-state index contributed by atoms with van der Waals surface area (Å²) in [5.74, 6) is 1.47. The molecule has 0 atom stereocenters. The van der Waals surface area contributed by atoms with Crippen LogP contribution in [-0.2, 0) is 4.79 Å². The molecule has 0 saturated heterocycles. The molecule has 0 aliphatic heterocycles. The molecule has 3 aromatic rings. The van der Waals surface area contributed by atoms with Gasteiger partial charge in [-0.05, 0) is 54.0 Å². The number of anilines is 2. The number of hydrogen-bond acceptors (Lipinski definition) is 6. The van der Waals surface area contributed by atoms with E-state index in [1.54, 1.807) is 35.7 Å². The Balaban J connectivity index is 1.77.